The number of nitrogens with one attached hydrogen (secondary N) is 1. The molecule has 0 saturated carbocycles. The fourth-order valence-corrected chi connectivity index (χ4v) is 2.61. The molecule has 0 atom stereocenters. The second-order valence-electron chi connectivity index (χ2n) is 5.79. The van der Waals surface area contributed by atoms with Crippen molar-refractivity contribution in [1.29, 1.82) is 0 Å². The average molecular weight is 288 g/mol. The van der Waals surface area contributed by atoms with Gasteiger partial charge < -0.3 is 10.2 Å². The maximum absolute atomic E-state index is 12.5. The smallest absolute Gasteiger partial charge is 0.253 e. The van der Waals surface area contributed by atoms with Gasteiger partial charge in [0, 0.05) is 31.1 Å². The van der Waals surface area contributed by atoms with Crippen molar-refractivity contribution in [2.24, 2.45) is 0 Å². The van der Waals surface area contributed by atoms with E-state index in [0.29, 0.717) is 19.5 Å². The summed E-state index contributed by atoms with van der Waals surface area (Å²) in [5, 5.41) is 3.01. The van der Waals surface area contributed by atoms with Gasteiger partial charge in [0.1, 0.15) is 0 Å². The third-order valence-corrected chi connectivity index (χ3v) is 4.22. The van der Waals surface area contributed by atoms with Crippen molar-refractivity contribution >= 4 is 11.8 Å². The van der Waals surface area contributed by atoms with Crippen LogP contribution in [0.2, 0.25) is 0 Å². The van der Waals surface area contributed by atoms with E-state index in [2.05, 4.69) is 5.32 Å². The van der Waals surface area contributed by atoms with Gasteiger partial charge in [-0.1, -0.05) is 13.0 Å². The maximum Gasteiger partial charge on any atom is 0.253 e. The number of hydrogen-bond donors (Lipinski definition) is 1. The number of aryl methyl sites for hydroxylation is 2. The van der Waals surface area contributed by atoms with Crippen LogP contribution in [0.15, 0.2) is 18.2 Å². The molecule has 0 bridgehead atoms. The van der Waals surface area contributed by atoms with E-state index < -0.39 is 0 Å². The van der Waals surface area contributed by atoms with E-state index in [-0.39, 0.29) is 17.9 Å². The van der Waals surface area contributed by atoms with E-state index in [1.165, 1.54) is 5.56 Å². The molecule has 114 valence electrons. The summed E-state index contributed by atoms with van der Waals surface area (Å²) in [6, 6.07) is 6.07. The highest BCUT2D eigenvalue weighted by Gasteiger charge is 2.24. The number of benzene rings is 1. The summed E-state index contributed by atoms with van der Waals surface area (Å²) in [5.41, 5.74) is 3.10. The van der Waals surface area contributed by atoms with Gasteiger partial charge in [0.2, 0.25) is 5.91 Å². The molecule has 0 unspecified atom stereocenters. The topological polar surface area (TPSA) is 49.4 Å². The molecule has 1 aromatic rings. The zero-order valence-electron chi connectivity index (χ0n) is 13.1. The highest BCUT2D eigenvalue weighted by Crippen LogP contribution is 2.16. The Balaban J connectivity index is 1.93. The zero-order chi connectivity index (χ0) is 15.4. The summed E-state index contributed by atoms with van der Waals surface area (Å²) < 4.78 is 0. The predicted octanol–water partition coefficient (Wildman–Crippen LogP) is 2.43. The summed E-state index contributed by atoms with van der Waals surface area (Å²) in [5.74, 6) is 0.187. The quantitative estimate of drug-likeness (QED) is 0.928. The summed E-state index contributed by atoms with van der Waals surface area (Å²) in [7, 11) is 0. The van der Waals surface area contributed by atoms with E-state index in [0.717, 1.165) is 24.0 Å². The number of amides is 2. The first kappa shape index (κ1) is 15.5. The van der Waals surface area contributed by atoms with Crippen LogP contribution in [-0.4, -0.2) is 35.8 Å². The van der Waals surface area contributed by atoms with Gasteiger partial charge in [-0.3, -0.25) is 9.59 Å². The largest absolute Gasteiger partial charge is 0.353 e. The molecule has 1 heterocycles. The molecule has 1 aliphatic rings. The number of nitrogens with zero attached hydrogens (tertiary/aromatic N) is 1. The van der Waals surface area contributed by atoms with E-state index in [4.69, 9.17) is 0 Å². The van der Waals surface area contributed by atoms with Gasteiger partial charge in [0.25, 0.3) is 5.91 Å². The Morgan fingerprint density at radius 2 is 1.86 bits per heavy atom. The minimum atomic E-state index is 0.0916. The molecule has 0 radical (unpaired) electrons. The predicted molar refractivity (Wildman–Crippen MR) is 83.3 cm³/mol. The van der Waals surface area contributed by atoms with Crippen molar-refractivity contribution in [2.75, 3.05) is 13.1 Å². The first-order valence-electron chi connectivity index (χ1n) is 7.67. The lowest BCUT2D eigenvalue weighted by molar-refractivity contribution is -0.121. The van der Waals surface area contributed by atoms with Gasteiger partial charge in [0.05, 0.1) is 0 Å². The molecule has 4 heteroatoms. The van der Waals surface area contributed by atoms with E-state index in [1.807, 2.05) is 43.9 Å². The Morgan fingerprint density at radius 3 is 2.43 bits per heavy atom. The Morgan fingerprint density at radius 1 is 1.19 bits per heavy atom. The van der Waals surface area contributed by atoms with Crippen LogP contribution in [0.4, 0.5) is 0 Å². The van der Waals surface area contributed by atoms with Crippen molar-refractivity contribution in [3.8, 4) is 0 Å². The normalized spacial score (nSPS) is 15.9. The molecule has 1 saturated heterocycles. The molecule has 0 aliphatic carbocycles. The standard InChI is InChI=1S/C17H24N2O2/c1-4-16(20)18-15-7-9-19(10-8-15)17(21)14-6-5-12(2)13(3)11-14/h5-6,11,15H,4,7-10H2,1-3H3,(H,18,20). The molecule has 1 N–H and O–H groups in total. The van der Waals surface area contributed by atoms with Crippen LogP contribution in [0, 0.1) is 13.8 Å². The van der Waals surface area contributed by atoms with Gasteiger partial charge in [-0.25, -0.2) is 0 Å². The van der Waals surface area contributed by atoms with Crippen molar-refractivity contribution in [1.82, 2.24) is 10.2 Å². The molecule has 4 nitrogen and oxygen atoms in total. The number of carbonyl (C=O) groups is 2. The SMILES string of the molecule is CCC(=O)NC1CCN(C(=O)c2ccc(C)c(C)c2)CC1. The van der Waals surface area contributed by atoms with Crippen molar-refractivity contribution in [3.63, 3.8) is 0 Å². The van der Waals surface area contributed by atoms with Crippen LogP contribution in [0.3, 0.4) is 0 Å². The number of piperidine rings is 1. The second-order valence-corrected chi connectivity index (χ2v) is 5.79. The molecular weight excluding hydrogens is 264 g/mol. The van der Waals surface area contributed by atoms with Crippen LogP contribution < -0.4 is 5.32 Å². The van der Waals surface area contributed by atoms with Gasteiger partial charge >= 0.3 is 0 Å². The zero-order valence-corrected chi connectivity index (χ0v) is 13.1. The van der Waals surface area contributed by atoms with E-state index >= 15 is 0 Å². The Bertz CT molecular complexity index is 532. The molecule has 1 aliphatic heterocycles. The van der Waals surface area contributed by atoms with Crippen LogP contribution >= 0.6 is 0 Å². The lowest BCUT2D eigenvalue weighted by Gasteiger charge is -2.32. The van der Waals surface area contributed by atoms with Crippen molar-refractivity contribution < 1.29 is 9.59 Å². The Kier molecular flexibility index (Phi) is 4.99. The highest BCUT2D eigenvalue weighted by atomic mass is 16.2. The molecule has 0 aromatic heterocycles. The third-order valence-electron chi connectivity index (χ3n) is 4.22. The molecule has 1 fully saturated rings. The van der Waals surface area contributed by atoms with E-state index in [1.54, 1.807) is 0 Å². The second kappa shape index (κ2) is 6.74. The summed E-state index contributed by atoms with van der Waals surface area (Å²) in [6.45, 7) is 7.35. The average Bonchev–Trinajstić information content (AvgIpc) is 2.50. The Hall–Kier alpha value is -1.84. The summed E-state index contributed by atoms with van der Waals surface area (Å²) >= 11 is 0. The molecule has 0 spiro atoms. The number of rotatable bonds is 3. The number of likely N-dealkylation sites (tertiary alicyclic amines) is 1. The van der Waals surface area contributed by atoms with E-state index in [9.17, 15) is 9.59 Å². The lowest BCUT2D eigenvalue weighted by Crippen LogP contribution is -2.46. The lowest BCUT2D eigenvalue weighted by atomic mass is 10.0. The van der Waals surface area contributed by atoms with Gasteiger partial charge in [-0.2, -0.15) is 0 Å². The molecule has 1 aromatic carbocycles. The van der Waals surface area contributed by atoms with Gasteiger partial charge in [0.15, 0.2) is 0 Å². The fraction of sp³-hybridized carbons (Fsp3) is 0.529. The van der Waals surface area contributed by atoms with Crippen LogP contribution in [0.25, 0.3) is 0 Å². The fourth-order valence-electron chi connectivity index (χ4n) is 2.61. The maximum atomic E-state index is 12.5. The van der Waals surface area contributed by atoms with Crippen molar-refractivity contribution in [2.45, 2.75) is 46.1 Å². The first-order valence-corrected chi connectivity index (χ1v) is 7.67. The minimum Gasteiger partial charge on any atom is -0.353 e. The summed E-state index contributed by atoms with van der Waals surface area (Å²) in [6.07, 6.45) is 2.19. The van der Waals surface area contributed by atoms with Crippen molar-refractivity contribution in [3.05, 3.63) is 34.9 Å². The first-order chi connectivity index (χ1) is 10.0. The number of hydrogen-bond acceptors (Lipinski definition) is 2. The van der Waals surface area contributed by atoms with Gasteiger partial charge in [-0.15, -0.1) is 0 Å². The van der Waals surface area contributed by atoms with Gasteiger partial charge in [-0.05, 0) is 49.9 Å². The number of carbonyl (C=O) groups excluding carboxylic acids is 2. The monoisotopic (exact) mass is 288 g/mol. The van der Waals surface area contributed by atoms with Crippen LogP contribution in [0.5, 0.6) is 0 Å². The molecular formula is C17H24N2O2. The molecule has 2 amide bonds. The third kappa shape index (κ3) is 3.84. The molecule has 21 heavy (non-hydrogen) atoms. The molecule has 2 rings (SSSR count). The summed E-state index contributed by atoms with van der Waals surface area (Å²) in [4.78, 5) is 25.8. The van der Waals surface area contributed by atoms with Crippen LogP contribution in [0.1, 0.15) is 47.7 Å². The Labute approximate surface area is 126 Å². The van der Waals surface area contributed by atoms with Crippen LogP contribution in [-0.2, 0) is 4.79 Å². The minimum absolute atomic E-state index is 0.0916. The highest BCUT2D eigenvalue weighted by molar-refractivity contribution is 5.94.